The van der Waals surface area contributed by atoms with Crippen molar-refractivity contribution in [1.29, 1.82) is 0 Å². The molecule has 2 aromatic rings. The van der Waals surface area contributed by atoms with Crippen LogP contribution in [0.25, 0.3) is 0 Å². The van der Waals surface area contributed by atoms with E-state index in [9.17, 15) is 4.55 Å². The van der Waals surface area contributed by atoms with E-state index in [4.69, 9.17) is 4.74 Å². The van der Waals surface area contributed by atoms with Crippen LogP contribution in [-0.2, 0) is 16.9 Å². The smallest absolute Gasteiger partial charge is 0.153 e. The van der Waals surface area contributed by atoms with Gasteiger partial charge in [0.05, 0.1) is 7.11 Å². The van der Waals surface area contributed by atoms with Gasteiger partial charge in [-0.3, -0.25) is 0 Å². The van der Waals surface area contributed by atoms with E-state index in [1.807, 2.05) is 54.6 Å². The molecule has 2 nitrogen and oxygen atoms in total. The van der Waals surface area contributed by atoms with Crippen molar-refractivity contribution >= 4 is 11.2 Å². The van der Waals surface area contributed by atoms with Crippen LogP contribution in [-0.4, -0.2) is 11.7 Å². The maximum Gasteiger partial charge on any atom is 0.153 e. The van der Waals surface area contributed by atoms with Crippen molar-refractivity contribution in [3.05, 3.63) is 60.2 Å². The first kappa shape index (κ1) is 12.0. The van der Waals surface area contributed by atoms with Crippen molar-refractivity contribution in [3.8, 4) is 5.75 Å². The van der Waals surface area contributed by atoms with E-state index in [1.165, 1.54) is 0 Å². The van der Waals surface area contributed by atoms with Gasteiger partial charge in [-0.2, -0.15) is 0 Å². The van der Waals surface area contributed by atoms with Crippen LogP contribution >= 0.6 is 0 Å². The molecular weight excluding hydrogens is 232 g/mol. The highest BCUT2D eigenvalue weighted by molar-refractivity contribution is 7.90. The van der Waals surface area contributed by atoms with Gasteiger partial charge in [0.25, 0.3) is 0 Å². The van der Waals surface area contributed by atoms with E-state index in [1.54, 1.807) is 7.11 Å². The molecule has 1 unspecified atom stereocenters. The normalized spacial score (nSPS) is 12.1. The highest BCUT2D eigenvalue weighted by atomic mass is 32.2. The Bertz CT molecular complexity index is 453. The molecule has 88 valence electrons. The van der Waals surface area contributed by atoms with Gasteiger partial charge in [0, 0.05) is 5.56 Å². The Morgan fingerprint density at radius 3 is 2.24 bits per heavy atom. The van der Waals surface area contributed by atoms with Gasteiger partial charge in [-0.05, 0) is 35.4 Å². The molecule has 0 radical (unpaired) electrons. The third-order valence-electron chi connectivity index (χ3n) is 2.46. The van der Waals surface area contributed by atoms with Gasteiger partial charge < -0.3 is 9.29 Å². The second-order valence-corrected chi connectivity index (χ2v) is 5.10. The van der Waals surface area contributed by atoms with Crippen molar-refractivity contribution in [2.24, 2.45) is 0 Å². The van der Waals surface area contributed by atoms with Crippen LogP contribution in [0.15, 0.2) is 59.5 Å². The fourth-order valence-electron chi connectivity index (χ4n) is 1.53. The zero-order valence-electron chi connectivity index (χ0n) is 9.63. The average molecular weight is 246 g/mol. The summed E-state index contributed by atoms with van der Waals surface area (Å²) in [4.78, 5) is 0.864. The van der Waals surface area contributed by atoms with Crippen molar-refractivity contribution in [2.45, 2.75) is 10.6 Å². The Kier molecular flexibility index (Phi) is 4.07. The zero-order valence-corrected chi connectivity index (χ0v) is 10.4. The molecule has 1 atom stereocenters. The van der Waals surface area contributed by atoms with E-state index >= 15 is 0 Å². The largest absolute Gasteiger partial charge is 0.611 e. The highest BCUT2D eigenvalue weighted by Gasteiger charge is 2.10. The summed E-state index contributed by atoms with van der Waals surface area (Å²) in [6.45, 7) is 0. The van der Waals surface area contributed by atoms with Crippen LogP contribution in [0, 0.1) is 0 Å². The Hall–Kier alpha value is -1.45. The second-order valence-electron chi connectivity index (χ2n) is 3.65. The molecule has 3 heteroatoms. The molecule has 0 aliphatic heterocycles. The minimum Gasteiger partial charge on any atom is -0.611 e. The lowest BCUT2D eigenvalue weighted by atomic mass is 10.2. The van der Waals surface area contributed by atoms with Gasteiger partial charge in [0.1, 0.15) is 11.5 Å². The van der Waals surface area contributed by atoms with Crippen LogP contribution in [0.5, 0.6) is 5.75 Å². The maximum absolute atomic E-state index is 12.0. The van der Waals surface area contributed by atoms with E-state index in [0.29, 0.717) is 5.75 Å². The number of ether oxygens (including phenoxy) is 1. The number of benzene rings is 2. The molecule has 17 heavy (non-hydrogen) atoms. The molecule has 0 amide bonds. The number of rotatable bonds is 4. The summed E-state index contributed by atoms with van der Waals surface area (Å²) in [5, 5.41) is 0. The Morgan fingerprint density at radius 2 is 1.65 bits per heavy atom. The summed E-state index contributed by atoms with van der Waals surface area (Å²) in [6.07, 6.45) is 0. The predicted molar refractivity (Wildman–Crippen MR) is 69.5 cm³/mol. The SMILES string of the molecule is COc1ccc(C[S+]([O-])c2ccccc2)cc1. The molecule has 0 fully saturated rings. The van der Waals surface area contributed by atoms with Gasteiger partial charge in [-0.25, -0.2) is 0 Å². The van der Waals surface area contributed by atoms with Crippen LogP contribution < -0.4 is 4.74 Å². The summed E-state index contributed by atoms with van der Waals surface area (Å²) in [6, 6.07) is 17.2. The third kappa shape index (κ3) is 3.25. The molecule has 0 heterocycles. The summed E-state index contributed by atoms with van der Waals surface area (Å²) >= 11 is -0.984. The van der Waals surface area contributed by atoms with Crippen molar-refractivity contribution in [3.63, 3.8) is 0 Å². The lowest BCUT2D eigenvalue weighted by molar-refractivity contribution is 0.414. The second kappa shape index (κ2) is 5.75. The molecule has 2 rings (SSSR count). The lowest BCUT2D eigenvalue weighted by Crippen LogP contribution is -2.04. The van der Waals surface area contributed by atoms with E-state index < -0.39 is 11.2 Å². The van der Waals surface area contributed by atoms with Crippen LogP contribution in [0.3, 0.4) is 0 Å². The first-order valence-corrected chi connectivity index (χ1v) is 6.68. The third-order valence-corrected chi connectivity index (χ3v) is 3.86. The van der Waals surface area contributed by atoms with Crippen molar-refractivity contribution in [2.75, 3.05) is 7.11 Å². The molecule has 0 saturated heterocycles. The van der Waals surface area contributed by atoms with Gasteiger partial charge in [0.2, 0.25) is 0 Å². The first-order chi connectivity index (χ1) is 8.29. The monoisotopic (exact) mass is 246 g/mol. The lowest BCUT2D eigenvalue weighted by Gasteiger charge is -2.10. The van der Waals surface area contributed by atoms with Gasteiger partial charge >= 0.3 is 0 Å². The number of hydrogen-bond acceptors (Lipinski definition) is 2. The summed E-state index contributed by atoms with van der Waals surface area (Å²) in [5.41, 5.74) is 1.05. The first-order valence-electron chi connectivity index (χ1n) is 5.36. The predicted octanol–water partition coefficient (Wildman–Crippen LogP) is 3.00. The fraction of sp³-hybridized carbons (Fsp3) is 0.143. The van der Waals surface area contributed by atoms with Crippen LogP contribution in [0.1, 0.15) is 5.56 Å². The topological polar surface area (TPSA) is 32.3 Å². The Balaban J connectivity index is 2.05. The molecule has 0 N–H and O–H groups in total. The van der Waals surface area contributed by atoms with E-state index in [0.717, 1.165) is 16.2 Å². The quantitative estimate of drug-likeness (QED) is 0.777. The van der Waals surface area contributed by atoms with Crippen molar-refractivity contribution < 1.29 is 9.29 Å². The van der Waals surface area contributed by atoms with E-state index in [-0.39, 0.29) is 0 Å². The van der Waals surface area contributed by atoms with Gasteiger partial charge in [-0.15, -0.1) is 0 Å². The molecule has 0 spiro atoms. The Morgan fingerprint density at radius 1 is 1.00 bits per heavy atom. The number of methoxy groups -OCH3 is 1. The standard InChI is InChI=1S/C14H14O2S/c1-16-13-9-7-12(8-10-13)11-17(15)14-5-3-2-4-6-14/h2-10H,11H2,1H3. The van der Waals surface area contributed by atoms with Crippen LogP contribution in [0.2, 0.25) is 0 Å². The molecule has 0 saturated carbocycles. The molecule has 2 aromatic carbocycles. The molecular formula is C14H14O2S. The summed E-state index contributed by atoms with van der Waals surface area (Å²) in [7, 11) is 1.64. The number of hydrogen-bond donors (Lipinski definition) is 0. The average Bonchev–Trinajstić information content (AvgIpc) is 2.40. The minimum atomic E-state index is -0.984. The fourth-order valence-corrected chi connectivity index (χ4v) is 2.65. The van der Waals surface area contributed by atoms with E-state index in [2.05, 4.69) is 0 Å². The van der Waals surface area contributed by atoms with Crippen LogP contribution in [0.4, 0.5) is 0 Å². The van der Waals surface area contributed by atoms with Gasteiger partial charge in [0.15, 0.2) is 4.90 Å². The Labute approximate surface area is 104 Å². The summed E-state index contributed by atoms with van der Waals surface area (Å²) in [5.74, 6) is 1.35. The highest BCUT2D eigenvalue weighted by Crippen LogP contribution is 2.18. The molecule has 0 aromatic heterocycles. The molecule has 0 aliphatic rings. The molecule has 0 aliphatic carbocycles. The molecule has 0 bridgehead atoms. The minimum absolute atomic E-state index is 0.536. The zero-order chi connectivity index (χ0) is 12.1. The summed E-state index contributed by atoms with van der Waals surface area (Å²) < 4.78 is 17.1. The van der Waals surface area contributed by atoms with Crippen molar-refractivity contribution in [1.82, 2.24) is 0 Å². The maximum atomic E-state index is 12.0. The van der Waals surface area contributed by atoms with Gasteiger partial charge in [-0.1, -0.05) is 30.3 Å².